The minimum Gasteiger partial charge on any atom is -0.480 e. The van der Waals surface area contributed by atoms with E-state index in [2.05, 4.69) is 31.9 Å². The van der Waals surface area contributed by atoms with Gasteiger partial charge in [0, 0.05) is 13.0 Å². The Morgan fingerprint density at radius 2 is 0.923 bits per heavy atom. The number of rotatable bonds is 32. The monoisotopic (exact) mass is 909 g/mol. The van der Waals surface area contributed by atoms with Crippen LogP contribution >= 0.6 is 0 Å². The fraction of sp³-hybridized carbons (Fsp3) is 0.596. The van der Waals surface area contributed by atoms with E-state index in [0.29, 0.717) is 38.0 Å². The Morgan fingerprint density at radius 1 is 0.477 bits per heavy atom. The van der Waals surface area contributed by atoms with Crippen LogP contribution in [0.25, 0.3) is 0 Å². The first kappa shape index (κ1) is 55.7. The van der Waals surface area contributed by atoms with Gasteiger partial charge in [0.15, 0.2) is 0 Å². The third-order valence-electron chi connectivity index (χ3n) is 10.8. The smallest absolute Gasteiger partial charge is 0.326 e. The Bertz CT molecular complexity index is 1770. The molecule has 65 heavy (non-hydrogen) atoms. The Hall–Kier alpha value is -5.43. The fourth-order valence-corrected chi connectivity index (χ4v) is 6.99. The van der Waals surface area contributed by atoms with Crippen molar-refractivity contribution in [1.82, 2.24) is 31.9 Å². The first-order valence-corrected chi connectivity index (χ1v) is 23.0. The van der Waals surface area contributed by atoms with Gasteiger partial charge >= 0.3 is 5.97 Å². The highest BCUT2D eigenvalue weighted by molar-refractivity contribution is 5.95. The van der Waals surface area contributed by atoms with Gasteiger partial charge in [0.2, 0.25) is 35.4 Å². The number of carboxylic acid groups (broad SMARTS) is 1. The Kier molecular flexibility index (Phi) is 26.3. The molecule has 0 saturated carbocycles. The number of nitrogens with one attached hydrogen (secondary N) is 6. The lowest BCUT2D eigenvalue weighted by molar-refractivity contribution is -0.142. The summed E-state index contributed by atoms with van der Waals surface area (Å²) < 4.78 is 0. The van der Waals surface area contributed by atoms with Gasteiger partial charge in [-0.1, -0.05) is 88.4 Å². The first-order chi connectivity index (χ1) is 30.9. The van der Waals surface area contributed by atoms with Crippen LogP contribution in [0.1, 0.15) is 103 Å². The summed E-state index contributed by atoms with van der Waals surface area (Å²) in [6.07, 6.45) is 3.70. The van der Waals surface area contributed by atoms with Crippen molar-refractivity contribution < 1.29 is 38.7 Å². The number of carbonyl (C=O) groups excluding carboxylic acids is 6. The third-order valence-corrected chi connectivity index (χ3v) is 10.8. The molecule has 0 saturated heterocycles. The number of benzene rings is 2. The number of nitrogens with two attached hydrogens (primary N) is 4. The van der Waals surface area contributed by atoms with Gasteiger partial charge in [-0.25, -0.2) is 4.79 Å². The lowest BCUT2D eigenvalue weighted by Crippen LogP contribution is -2.58. The minimum atomic E-state index is -1.26. The van der Waals surface area contributed by atoms with E-state index in [1.165, 1.54) is 0 Å². The number of unbranched alkanes of at least 4 members (excludes halogenated alkanes) is 1. The third kappa shape index (κ3) is 22.4. The van der Waals surface area contributed by atoms with Crippen molar-refractivity contribution in [1.29, 1.82) is 0 Å². The van der Waals surface area contributed by atoms with Crippen molar-refractivity contribution >= 4 is 41.4 Å². The normalized spacial score (nSPS) is 14.5. The van der Waals surface area contributed by atoms with Gasteiger partial charge in [-0.2, -0.15) is 0 Å². The number of hydrogen-bond donors (Lipinski definition) is 11. The lowest BCUT2D eigenvalue weighted by Gasteiger charge is -2.27. The summed E-state index contributed by atoms with van der Waals surface area (Å²) in [5.74, 6) is -4.32. The molecule has 2 rings (SSSR count). The second kappa shape index (κ2) is 30.7. The molecule has 0 spiro atoms. The molecular formula is C47H76N10O8. The summed E-state index contributed by atoms with van der Waals surface area (Å²) in [4.78, 5) is 92.8. The summed E-state index contributed by atoms with van der Waals surface area (Å²) >= 11 is 0. The molecule has 362 valence electrons. The van der Waals surface area contributed by atoms with Crippen LogP contribution in [0.2, 0.25) is 0 Å². The standard InChI is InChI=1S/C47H76N10O8/c1-30(2)22-23-34(50)41(58)53-37(21-14-25-49)44(61)55-38(47(64)65)19-11-12-26-52-43(60)36(20-13-24-48)54-45(62)39(27-31(3)4)57-46(63)40(29-33-17-9-6-10-18-33)56-42(59)35(51)28-32-15-7-5-8-16-32/h5-10,15-18,30-31,34-40H,11-14,19-29,48-51H2,1-4H3,(H,52,60)(H,53,58)(H,54,62)(H,55,61)(H,56,59)(H,57,63)(H,64,65)/t34-,35-,36-,37-,38-,39-,40-/m1/s1. The van der Waals surface area contributed by atoms with Crippen molar-refractivity contribution in [3.05, 3.63) is 71.8 Å². The summed E-state index contributed by atoms with van der Waals surface area (Å²) in [6.45, 7) is 8.46. The van der Waals surface area contributed by atoms with Gasteiger partial charge in [-0.15, -0.1) is 0 Å². The topological polar surface area (TPSA) is 316 Å². The van der Waals surface area contributed by atoms with E-state index in [9.17, 15) is 38.7 Å². The molecule has 0 aromatic heterocycles. The summed E-state index contributed by atoms with van der Waals surface area (Å²) in [5, 5.41) is 26.3. The van der Waals surface area contributed by atoms with Crippen LogP contribution in [-0.2, 0) is 46.4 Å². The van der Waals surface area contributed by atoms with Crippen molar-refractivity contribution in [2.75, 3.05) is 19.6 Å². The van der Waals surface area contributed by atoms with Crippen molar-refractivity contribution in [3.63, 3.8) is 0 Å². The molecule has 0 heterocycles. The molecule has 0 aliphatic rings. The average molecular weight is 909 g/mol. The maximum Gasteiger partial charge on any atom is 0.326 e. The van der Waals surface area contributed by atoms with Crippen LogP contribution in [-0.4, -0.2) is 108 Å². The minimum absolute atomic E-state index is 0.0387. The molecule has 2 aromatic rings. The van der Waals surface area contributed by atoms with Crippen LogP contribution in [0.5, 0.6) is 0 Å². The molecule has 15 N–H and O–H groups in total. The van der Waals surface area contributed by atoms with Crippen LogP contribution in [0, 0.1) is 11.8 Å². The molecule has 18 heteroatoms. The maximum atomic E-state index is 14.0. The van der Waals surface area contributed by atoms with Crippen LogP contribution in [0.3, 0.4) is 0 Å². The summed E-state index contributed by atoms with van der Waals surface area (Å²) in [6, 6.07) is 11.2. The number of hydrogen-bond acceptors (Lipinski definition) is 11. The number of amides is 6. The Balaban J connectivity index is 2.07. The molecule has 0 aliphatic carbocycles. The SMILES string of the molecule is CC(C)CC[C@@H](N)C(=O)N[C@H](CCCN)C(=O)N[C@H](CCCCNC(=O)[C@@H](CCCN)NC(=O)[C@@H](CC(C)C)NC(=O)[C@@H](Cc1ccccc1)NC(=O)[C@H](N)Cc1ccccc1)C(=O)O. The van der Waals surface area contributed by atoms with E-state index in [1.807, 2.05) is 88.4 Å². The number of aliphatic carboxylic acids is 1. The highest BCUT2D eigenvalue weighted by atomic mass is 16.4. The van der Waals surface area contributed by atoms with Gasteiger partial charge in [0.05, 0.1) is 12.1 Å². The number of carboxylic acids is 1. The van der Waals surface area contributed by atoms with Crippen molar-refractivity contribution in [2.45, 2.75) is 147 Å². The average Bonchev–Trinajstić information content (AvgIpc) is 3.27. The van der Waals surface area contributed by atoms with E-state index in [1.54, 1.807) is 0 Å². The highest BCUT2D eigenvalue weighted by Gasteiger charge is 2.32. The lowest BCUT2D eigenvalue weighted by atomic mass is 10.00. The van der Waals surface area contributed by atoms with Crippen LogP contribution in [0.15, 0.2) is 60.7 Å². The molecule has 0 fully saturated rings. The van der Waals surface area contributed by atoms with Gasteiger partial charge in [0.1, 0.15) is 30.2 Å². The van der Waals surface area contributed by atoms with Gasteiger partial charge in [0.25, 0.3) is 0 Å². The molecule has 0 bridgehead atoms. The summed E-state index contributed by atoms with van der Waals surface area (Å²) in [7, 11) is 0. The zero-order valence-electron chi connectivity index (χ0n) is 38.7. The van der Waals surface area contributed by atoms with Gasteiger partial charge in [-0.3, -0.25) is 28.8 Å². The van der Waals surface area contributed by atoms with E-state index in [-0.39, 0.29) is 64.1 Å². The van der Waals surface area contributed by atoms with E-state index in [0.717, 1.165) is 17.5 Å². The molecule has 0 unspecified atom stereocenters. The first-order valence-electron chi connectivity index (χ1n) is 23.0. The zero-order chi connectivity index (χ0) is 48.3. The molecule has 18 nitrogen and oxygen atoms in total. The second-order valence-corrected chi connectivity index (χ2v) is 17.5. The second-order valence-electron chi connectivity index (χ2n) is 17.5. The molecule has 0 aliphatic heterocycles. The van der Waals surface area contributed by atoms with Crippen LogP contribution < -0.4 is 54.8 Å². The fourth-order valence-electron chi connectivity index (χ4n) is 6.99. The molecular weight excluding hydrogens is 833 g/mol. The zero-order valence-corrected chi connectivity index (χ0v) is 38.7. The molecule has 2 aromatic carbocycles. The quantitative estimate of drug-likeness (QED) is 0.0456. The Morgan fingerprint density at radius 3 is 1.46 bits per heavy atom. The molecule has 7 atom stereocenters. The largest absolute Gasteiger partial charge is 0.480 e. The van der Waals surface area contributed by atoms with E-state index >= 15 is 0 Å². The van der Waals surface area contributed by atoms with Crippen molar-refractivity contribution in [3.8, 4) is 0 Å². The predicted octanol–water partition coefficient (Wildman–Crippen LogP) is 0.882. The summed E-state index contributed by atoms with van der Waals surface area (Å²) in [5.41, 5.74) is 25.4. The van der Waals surface area contributed by atoms with Crippen molar-refractivity contribution in [2.24, 2.45) is 34.8 Å². The molecule has 6 amide bonds. The highest BCUT2D eigenvalue weighted by Crippen LogP contribution is 2.12. The van der Waals surface area contributed by atoms with Gasteiger partial charge < -0.3 is 59.9 Å². The maximum absolute atomic E-state index is 14.0. The Labute approximate surface area is 384 Å². The van der Waals surface area contributed by atoms with E-state index < -0.39 is 83.7 Å². The predicted molar refractivity (Wildman–Crippen MR) is 250 cm³/mol. The van der Waals surface area contributed by atoms with E-state index in [4.69, 9.17) is 22.9 Å². The number of carbonyl (C=O) groups is 7. The van der Waals surface area contributed by atoms with Gasteiger partial charge in [-0.05, 0) is 107 Å². The van der Waals surface area contributed by atoms with Crippen LogP contribution in [0.4, 0.5) is 0 Å². The molecule has 0 radical (unpaired) electrons.